The molecule has 1 aliphatic rings. The number of benzene rings is 3. The summed E-state index contributed by atoms with van der Waals surface area (Å²) >= 11 is 0. The van der Waals surface area contributed by atoms with Crippen LogP contribution in [0.2, 0.25) is 0 Å². The van der Waals surface area contributed by atoms with Crippen LogP contribution in [0, 0.1) is 11.8 Å². The molecule has 3 aromatic carbocycles. The standard InChI is InChI=1S/C26H26O3/c1-18(19-11-5-2-6-12-19)29-26(28)25-23(20-13-7-3-8-14-20)22(17-27)24(25)21-15-9-4-10-16-21/h2-16,18,22-25,27H,17H2,1H3/t18?,22?,23-,24-,25?/m1/s1. The van der Waals surface area contributed by atoms with E-state index in [2.05, 4.69) is 0 Å². The van der Waals surface area contributed by atoms with E-state index in [-0.39, 0.29) is 42.4 Å². The fraction of sp³-hybridized carbons (Fsp3) is 0.269. The number of aliphatic hydroxyl groups is 1. The van der Waals surface area contributed by atoms with Gasteiger partial charge in [-0.15, -0.1) is 0 Å². The molecule has 1 N–H and O–H groups in total. The highest BCUT2D eigenvalue weighted by Crippen LogP contribution is 2.57. The Hall–Kier alpha value is -2.91. The third kappa shape index (κ3) is 3.83. The lowest BCUT2D eigenvalue weighted by Crippen LogP contribution is -2.49. The molecule has 3 nitrogen and oxygen atoms in total. The minimum atomic E-state index is -0.317. The number of esters is 1. The molecule has 0 aliphatic heterocycles. The van der Waals surface area contributed by atoms with Gasteiger partial charge in [0, 0.05) is 18.4 Å². The maximum absolute atomic E-state index is 13.3. The van der Waals surface area contributed by atoms with Gasteiger partial charge in [0.1, 0.15) is 6.10 Å². The zero-order valence-electron chi connectivity index (χ0n) is 16.5. The fourth-order valence-corrected chi connectivity index (χ4v) is 4.66. The molecule has 0 amide bonds. The van der Waals surface area contributed by atoms with E-state index in [0.717, 1.165) is 16.7 Å². The number of hydrogen-bond donors (Lipinski definition) is 1. The molecule has 3 aromatic rings. The van der Waals surface area contributed by atoms with Crippen LogP contribution in [0.15, 0.2) is 91.0 Å². The highest BCUT2D eigenvalue weighted by atomic mass is 16.5. The first-order chi connectivity index (χ1) is 14.2. The first-order valence-corrected chi connectivity index (χ1v) is 10.2. The molecule has 0 spiro atoms. The summed E-state index contributed by atoms with van der Waals surface area (Å²) in [6.07, 6.45) is -0.315. The van der Waals surface area contributed by atoms with Crippen LogP contribution in [0.3, 0.4) is 0 Å². The Labute approximate surface area is 172 Å². The molecule has 0 heterocycles. The van der Waals surface area contributed by atoms with E-state index in [9.17, 15) is 9.90 Å². The van der Waals surface area contributed by atoms with E-state index in [1.807, 2.05) is 97.9 Å². The highest BCUT2D eigenvalue weighted by molar-refractivity contribution is 5.77. The predicted molar refractivity (Wildman–Crippen MR) is 113 cm³/mol. The van der Waals surface area contributed by atoms with Gasteiger partial charge >= 0.3 is 5.97 Å². The molecule has 0 radical (unpaired) electrons. The molecule has 1 unspecified atom stereocenters. The van der Waals surface area contributed by atoms with E-state index in [0.29, 0.717) is 0 Å². The number of ether oxygens (including phenoxy) is 1. The quantitative estimate of drug-likeness (QED) is 0.600. The number of rotatable bonds is 6. The van der Waals surface area contributed by atoms with Crippen molar-refractivity contribution in [2.24, 2.45) is 11.8 Å². The van der Waals surface area contributed by atoms with Crippen LogP contribution in [-0.4, -0.2) is 17.7 Å². The van der Waals surface area contributed by atoms with Crippen molar-refractivity contribution < 1.29 is 14.6 Å². The van der Waals surface area contributed by atoms with E-state index in [1.54, 1.807) is 0 Å². The lowest BCUT2D eigenvalue weighted by molar-refractivity contribution is -0.163. The monoisotopic (exact) mass is 386 g/mol. The average molecular weight is 386 g/mol. The van der Waals surface area contributed by atoms with Crippen molar-refractivity contribution in [2.75, 3.05) is 6.61 Å². The van der Waals surface area contributed by atoms with Crippen molar-refractivity contribution in [3.8, 4) is 0 Å². The van der Waals surface area contributed by atoms with Gasteiger partial charge in [-0.3, -0.25) is 4.79 Å². The molecule has 0 bridgehead atoms. The molecule has 3 heteroatoms. The normalized spacial score (nSPS) is 24.3. The summed E-state index contributed by atoms with van der Waals surface area (Å²) in [7, 11) is 0. The van der Waals surface area contributed by atoms with Gasteiger partial charge in [0.25, 0.3) is 0 Å². The van der Waals surface area contributed by atoms with Crippen molar-refractivity contribution >= 4 is 5.97 Å². The third-order valence-electron chi connectivity index (χ3n) is 6.11. The van der Waals surface area contributed by atoms with Crippen LogP contribution in [0.4, 0.5) is 0 Å². The van der Waals surface area contributed by atoms with Crippen molar-refractivity contribution in [2.45, 2.75) is 24.9 Å². The Morgan fingerprint density at radius 2 is 1.28 bits per heavy atom. The Morgan fingerprint density at radius 1 is 0.828 bits per heavy atom. The summed E-state index contributed by atoms with van der Waals surface area (Å²) in [4.78, 5) is 13.3. The lowest BCUT2D eigenvalue weighted by Gasteiger charge is -2.50. The summed E-state index contributed by atoms with van der Waals surface area (Å²) in [5.74, 6) is -0.634. The average Bonchev–Trinajstić information content (AvgIpc) is 2.75. The molecule has 29 heavy (non-hydrogen) atoms. The van der Waals surface area contributed by atoms with Crippen LogP contribution in [0.25, 0.3) is 0 Å². The van der Waals surface area contributed by atoms with Crippen LogP contribution in [-0.2, 0) is 9.53 Å². The summed E-state index contributed by atoms with van der Waals surface area (Å²) in [6, 6.07) is 29.8. The molecule has 3 atom stereocenters. The largest absolute Gasteiger partial charge is 0.458 e. The van der Waals surface area contributed by atoms with Crippen LogP contribution in [0.1, 0.15) is 41.6 Å². The second-order valence-corrected chi connectivity index (χ2v) is 7.73. The number of carbonyl (C=O) groups is 1. The van der Waals surface area contributed by atoms with E-state index < -0.39 is 0 Å². The van der Waals surface area contributed by atoms with Gasteiger partial charge in [0.05, 0.1) is 5.92 Å². The van der Waals surface area contributed by atoms with Gasteiger partial charge in [-0.05, 0) is 29.5 Å². The van der Waals surface area contributed by atoms with Crippen LogP contribution < -0.4 is 0 Å². The number of hydrogen-bond acceptors (Lipinski definition) is 3. The molecule has 4 rings (SSSR count). The number of aliphatic hydroxyl groups excluding tert-OH is 1. The fourth-order valence-electron chi connectivity index (χ4n) is 4.66. The Balaban J connectivity index is 1.64. The maximum atomic E-state index is 13.3. The first kappa shape index (κ1) is 19.4. The second-order valence-electron chi connectivity index (χ2n) is 7.73. The minimum Gasteiger partial charge on any atom is -0.458 e. The highest BCUT2D eigenvalue weighted by Gasteiger charge is 2.55. The zero-order chi connectivity index (χ0) is 20.2. The Morgan fingerprint density at radius 3 is 1.72 bits per heavy atom. The van der Waals surface area contributed by atoms with Crippen molar-refractivity contribution in [1.82, 2.24) is 0 Å². The summed E-state index contributed by atoms with van der Waals surface area (Å²) in [6.45, 7) is 1.95. The van der Waals surface area contributed by atoms with Gasteiger partial charge in [0.15, 0.2) is 0 Å². The molecule has 0 saturated heterocycles. The first-order valence-electron chi connectivity index (χ1n) is 10.2. The maximum Gasteiger partial charge on any atom is 0.310 e. The van der Waals surface area contributed by atoms with Crippen molar-refractivity contribution in [3.63, 3.8) is 0 Å². The van der Waals surface area contributed by atoms with Gasteiger partial charge in [-0.1, -0.05) is 91.0 Å². The van der Waals surface area contributed by atoms with Gasteiger partial charge in [0.2, 0.25) is 0 Å². The summed E-state index contributed by atoms with van der Waals surface area (Å²) < 4.78 is 5.92. The van der Waals surface area contributed by atoms with Crippen LogP contribution >= 0.6 is 0 Å². The van der Waals surface area contributed by atoms with Gasteiger partial charge < -0.3 is 9.84 Å². The molecule has 1 fully saturated rings. The van der Waals surface area contributed by atoms with E-state index >= 15 is 0 Å². The minimum absolute atomic E-state index is 0.00983. The third-order valence-corrected chi connectivity index (χ3v) is 6.11. The van der Waals surface area contributed by atoms with E-state index in [1.165, 1.54) is 0 Å². The smallest absolute Gasteiger partial charge is 0.310 e. The molecule has 1 saturated carbocycles. The number of carbonyl (C=O) groups excluding carboxylic acids is 1. The summed E-state index contributed by atoms with van der Waals surface area (Å²) in [5, 5.41) is 10.2. The molecular weight excluding hydrogens is 360 g/mol. The Kier molecular flexibility index (Phi) is 5.77. The van der Waals surface area contributed by atoms with Crippen molar-refractivity contribution in [3.05, 3.63) is 108 Å². The Bertz CT molecular complexity index is 876. The zero-order valence-corrected chi connectivity index (χ0v) is 16.5. The lowest BCUT2D eigenvalue weighted by atomic mass is 9.53. The molecule has 1 aliphatic carbocycles. The van der Waals surface area contributed by atoms with E-state index in [4.69, 9.17) is 4.74 Å². The topological polar surface area (TPSA) is 46.5 Å². The second kappa shape index (κ2) is 8.62. The molecule has 148 valence electrons. The van der Waals surface area contributed by atoms with Gasteiger partial charge in [-0.2, -0.15) is 0 Å². The molecule has 0 aromatic heterocycles. The van der Waals surface area contributed by atoms with Crippen LogP contribution in [0.5, 0.6) is 0 Å². The summed E-state index contributed by atoms with van der Waals surface area (Å²) in [5.41, 5.74) is 3.13. The van der Waals surface area contributed by atoms with Gasteiger partial charge in [-0.25, -0.2) is 0 Å². The predicted octanol–water partition coefficient (Wildman–Crippen LogP) is 5.10. The van der Waals surface area contributed by atoms with Crippen molar-refractivity contribution in [1.29, 1.82) is 0 Å². The SMILES string of the molecule is CC(OC(=O)C1[C@H](c2ccccc2)C(CO)[C@H]1c1ccccc1)c1ccccc1. The molecular formula is C26H26O3.